The molecule has 1 aromatic carbocycles. The fourth-order valence-corrected chi connectivity index (χ4v) is 3.78. The van der Waals surface area contributed by atoms with E-state index in [1.165, 1.54) is 7.11 Å². The zero-order chi connectivity index (χ0) is 14.3. The van der Waals surface area contributed by atoms with Gasteiger partial charge in [-0.25, -0.2) is 0 Å². The monoisotopic (exact) mass is 273 g/mol. The SMILES string of the molecule is COC(=O)C1C2CC(CC1c1ccccc1)N(C)C2=O. The van der Waals surface area contributed by atoms with Gasteiger partial charge in [-0.2, -0.15) is 0 Å². The van der Waals surface area contributed by atoms with Crippen LogP contribution in [0.1, 0.15) is 24.3 Å². The lowest BCUT2D eigenvalue weighted by atomic mass is 9.69. The number of fused-ring (bicyclic) bond motifs is 2. The smallest absolute Gasteiger partial charge is 0.310 e. The Labute approximate surface area is 118 Å². The number of ether oxygens (including phenoxy) is 1. The van der Waals surface area contributed by atoms with Crippen molar-refractivity contribution in [2.45, 2.75) is 24.8 Å². The van der Waals surface area contributed by atoms with Crippen LogP contribution in [0.25, 0.3) is 0 Å². The Morgan fingerprint density at radius 1 is 1.20 bits per heavy atom. The number of esters is 1. The minimum atomic E-state index is -0.351. The third-order valence-electron chi connectivity index (χ3n) is 4.83. The third kappa shape index (κ3) is 1.90. The van der Waals surface area contributed by atoms with E-state index < -0.39 is 0 Å². The Morgan fingerprint density at radius 2 is 1.85 bits per heavy atom. The van der Waals surface area contributed by atoms with Gasteiger partial charge in [0.05, 0.1) is 18.9 Å². The molecule has 106 valence electrons. The molecule has 1 aromatic rings. The number of methoxy groups -OCH3 is 1. The summed E-state index contributed by atoms with van der Waals surface area (Å²) in [6, 6.07) is 10.2. The van der Waals surface area contributed by atoms with Crippen molar-refractivity contribution < 1.29 is 14.3 Å². The largest absolute Gasteiger partial charge is 0.469 e. The van der Waals surface area contributed by atoms with Crippen molar-refractivity contribution in [1.29, 1.82) is 0 Å². The Kier molecular flexibility index (Phi) is 3.24. The number of nitrogens with zero attached hydrogens (tertiary/aromatic N) is 1. The van der Waals surface area contributed by atoms with Crippen molar-refractivity contribution in [3.63, 3.8) is 0 Å². The van der Waals surface area contributed by atoms with Gasteiger partial charge in [0.25, 0.3) is 0 Å². The van der Waals surface area contributed by atoms with Crippen LogP contribution in [-0.2, 0) is 14.3 Å². The first-order chi connectivity index (χ1) is 9.63. The summed E-state index contributed by atoms with van der Waals surface area (Å²) in [5.74, 6) is -0.677. The molecule has 2 bridgehead atoms. The van der Waals surface area contributed by atoms with Crippen molar-refractivity contribution in [3.05, 3.63) is 35.9 Å². The average molecular weight is 273 g/mol. The van der Waals surface area contributed by atoms with E-state index in [0.29, 0.717) is 0 Å². The van der Waals surface area contributed by atoms with E-state index in [4.69, 9.17) is 4.74 Å². The van der Waals surface area contributed by atoms with Crippen LogP contribution in [-0.4, -0.2) is 37.0 Å². The molecule has 1 heterocycles. The molecule has 4 heteroatoms. The molecule has 1 saturated carbocycles. The summed E-state index contributed by atoms with van der Waals surface area (Å²) < 4.78 is 4.97. The minimum Gasteiger partial charge on any atom is -0.469 e. The van der Waals surface area contributed by atoms with E-state index in [9.17, 15) is 9.59 Å². The predicted octanol–water partition coefficient (Wildman–Crippen LogP) is 1.81. The minimum absolute atomic E-state index is 0.0706. The van der Waals surface area contributed by atoms with Crippen molar-refractivity contribution in [2.75, 3.05) is 14.2 Å². The second-order valence-corrected chi connectivity index (χ2v) is 5.75. The fourth-order valence-electron chi connectivity index (χ4n) is 3.78. The van der Waals surface area contributed by atoms with Gasteiger partial charge in [-0.3, -0.25) is 9.59 Å². The van der Waals surface area contributed by atoms with Crippen LogP contribution in [0.3, 0.4) is 0 Å². The van der Waals surface area contributed by atoms with Gasteiger partial charge in [0, 0.05) is 13.1 Å². The highest BCUT2D eigenvalue weighted by molar-refractivity contribution is 5.88. The van der Waals surface area contributed by atoms with Crippen molar-refractivity contribution in [2.24, 2.45) is 11.8 Å². The first-order valence-corrected chi connectivity index (χ1v) is 7.03. The second-order valence-electron chi connectivity index (χ2n) is 5.75. The van der Waals surface area contributed by atoms with Gasteiger partial charge in [0.1, 0.15) is 0 Å². The van der Waals surface area contributed by atoms with Crippen LogP contribution in [0, 0.1) is 11.8 Å². The van der Waals surface area contributed by atoms with E-state index >= 15 is 0 Å². The molecule has 2 aliphatic rings. The van der Waals surface area contributed by atoms with Gasteiger partial charge in [0.2, 0.25) is 5.91 Å². The van der Waals surface area contributed by atoms with E-state index in [1.807, 2.05) is 42.3 Å². The van der Waals surface area contributed by atoms with Crippen LogP contribution in [0.5, 0.6) is 0 Å². The summed E-state index contributed by atoms with van der Waals surface area (Å²) in [5.41, 5.74) is 1.13. The molecule has 1 aliphatic carbocycles. The molecule has 4 unspecified atom stereocenters. The van der Waals surface area contributed by atoms with Gasteiger partial charge in [-0.15, -0.1) is 0 Å². The Hall–Kier alpha value is -1.84. The molecular formula is C16H19NO3. The highest BCUT2D eigenvalue weighted by Crippen LogP contribution is 2.47. The van der Waals surface area contributed by atoms with Gasteiger partial charge in [-0.05, 0) is 24.3 Å². The quantitative estimate of drug-likeness (QED) is 0.772. The lowest BCUT2D eigenvalue weighted by Crippen LogP contribution is -2.36. The number of amides is 1. The van der Waals surface area contributed by atoms with Crippen LogP contribution >= 0.6 is 0 Å². The van der Waals surface area contributed by atoms with Crippen LogP contribution in [0.4, 0.5) is 0 Å². The second kappa shape index (κ2) is 4.93. The van der Waals surface area contributed by atoms with Gasteiger partial charge in [0.15, 0.2) is 0 Å². The molecular weight excluding hydrogens is 254 g/mol. The van der Waals surface area contributed by atoms with Gasteiger partial charge >= 0.3 is 5.97 Å². The number of carbonyl (C=O) groups excluding carboxylic acids is 2. The zero-order valence-corrected chi connectivity index (χ0v) is 11.8. The summed E-state index contributed by atoms with van der Waals surface area (Å²) in [6.07, 6.45) is 1.61. The maximum absolute atomic E-state index is 12.3. The molecule has 4 atom stereocenters. The molecule has 2 fully saturated rings. The Bertz CT molecular complexity index is 528. The van der Waals surface area contributed by atoms with E-state index in [2.05, 4.69) is 0 Å². The van der Waals surface area contributed by atoms with Gasteiger partial charge in [-0.1, -0.05) is 30.3 Å². The predicted molar refractivity (Wildman–Crippen MR) is 74.0 cm³/mol. The van der Waals surface area contributed by atoms with E-state index in [-0.39, 0.29) is 35.7 Å². The van der Waals surface area contributed by atoms with Crippen molar-refractivity contribution in [3.8, 4) is 0 Å². The number of rotatable bonds is 2. The molecule has 3 rings (SSSR count). The highest BCUT2D eigenvalue weighted by Gasteiger charge is 2.53. The molecule has 1 aliphatic heterocycles. The first-order valence-electron chi connectivity index (χ1n) is 7.03. The lowest BCUT2D eigenvalue weighted by molar-refractivity contribution is -0.151. The van der Waals surface area contributed by atoms with Crippen molar-refractivity contribution in [1.82, 2.24) is 4.90 Å². The number of hydrogen-bond acceptors (Lipinski definition) is 3. The van der Waals surface area contributed by atoms with E-state index in [0.717, 1.165) is 18.4 Å². The topological polar surface area (TPSA) is 46.6 Å². The van der Waals surface area contributed by atoms with Crippen LogP contribution in [0.15, 0.2) is 30.3 Å². The molecule has 20 heavy (non-hydrogen) atoms. The molecule has 0 radical (unpaired) electrons. The standard InChI is InChI=1S/C16H19NO3/c1-17-11-8-12(10-6-4-3-5-7-10)14(16(19)20-2)13(9-11)15(17)18/h3-7,11-14H,8-9H2,1-2H3. The number of hydrogen-bond donors (Lipinski definition) is 0. The average Bonchev–Trinajstić information content (AvgIpc) is 2.72. The molecule has 0 aromatic heterocycles. The van der Waals surface area contributed by atoms with E-state index in [1.54, 1.807) is 0 Å². The summed E-state index contributed by atoms with van der Waals surface area (Å²) in [5, 5.41) is 0. The summed E-state index contributed by atoms with van der Waals surface area (Å²) in [7, 11) is 3.24. The molecule has 1 saturated heterocycles. The summed E-state index contributed by atoms with van der Waals surface area (Å²) in [4.78, 5) is 26.3. The summed E-state index contributed by atoms with van der Waals surface area (Å²) >= 11 is 0. The molecule has 0 N–H and O–H groups in total. The Morgan fingerprint density at radius 3 is 2.50 bits per heavy atom. The molecule has 4 nitrogen and oxygen atoms in total. The van der Waals surface area contributed by atoms with Crippen LogP contribution < -0.4 is 0 Å². The molecule has 0 spiro atoms. The van der Waals surface area contributed by atoms with Crippen molar-refractivity contribution >= 4 is 11.9 Å². The van der Waals surface area contributed by atoms with Crippen LogP contribution in [0.2, 0.25) is 0 Å². The Balaban J connectivity index is 2.00. The maximum Gasteiger partial charge on any atom is 0.310 e. The summed E-state index contributed by atoms with van der Waals surface area (Å²) in [6.45, 7) is 0. The lowest BCUT2D eigenvalue weighted by Gasteiger charge is -2.33. The normalized spacial score (nSPS) is 32.3. The molecule has 1 amide bonds. The fraction of sp³-hybridized carbons (Fsp3) is 0.500. The van der Waals surface area contributed by atoms with Gasteiger partial charge < -0.3 is 9.64 Å². The first kappa shape index (κ1) is 13.2. The number of carbonyl (C=O) groups is 2. The number of likely N-dealkylation sites (tertiary alicyclic amines) is 1. The zero-order valence-electron chi connectivity index (χ0n) is 11.8. The highest BCUT2D eigenvalue weighted by atomic mass is 16.5. The maximum atomic E-state index is 12.3. The number of benzene rings is 1. The third-order valence-corrected chi connectivity index (χ3v) is 4.83.